The summed E-state index contributed by atoms with van der Waals surface area (Å²) >= 11 is 3.41. The van der Waals surface area contributed by atoms with Crippen molar-refractivity contribution in [3.63, 3.8) is 0 Å². The fraction of sp³-hybridized carbons (Fsp3) is 0.188. The van der Waals surface area contributed by atoms with Crippen LogP contribution in [0.3, 0.4) is 0 Å². The van der Waals surface area contributed by atoms with Gasteiger partial charge in [0.1, 0.15) is 0 Å². The summed E-state index contributed by atoms with van der Waals surface area (Å²) < 4.78 is 0.921. The summed E-state index contributed by atoms with van der Waals surface area (Å²) in [6.07, 6.45) is 0.973. The molecular weight excluding hydrogens is 300 g/mol. The number of aryl methyl sites for hydroxylation is 1. The molecule has 0 saturated carbocycles. The Morgan fingerprint density at radius 2 is 2.00 bits per heavy atom. The van der Waals surface area contributed by atoms with Crippen molar-refractivity contribution in [3.8, 4) is 6.07 Å². The number of rotatable bonds is 4. The van der Waals surface area contributed by atoms with Crippen molar-refractivity contribution in [1.82, 2.24) is 0 Å². The van der Waals surface area contributed by atoms with Crippen molar-refractivity contribution >= 4 is 21.6 Å². The summed E-state index contributed by atoms with van der Waals surface area (Å²) in [7, 11) is 0. The molecule has 1 N–H and O–H groups in total. The number of hydrogen-bond donors (Lipinski definition) is 1. The van der Waals surface area contributed by atoms with Gasteiger partial charge >= 0.3 is 0 Å². The van der Waals surface area contributed by atoms with E-state index in [4.69, 9.17) is 5.26 Å². The van der Waals surface area contributed by atoms with Crippen molar-refractivity contribution < 1.29 is 0 Å². The van der Waals surface area contributed by atoms with Crippen molar-refractivity contribution in [2.75, 3.05) is 11.9 Å². The Balaban J connectivity index is 1.98. The molecule has 0 saturated heterocycles. The van der Waals surface area contributed by atoms with Gasteiger partial charge in [0.25, 0.3) is 0 Å². The zero-order valence-corrected chi connectivity index (χ0v) is 12.4. The van der Waals surface area contributed by atoms with Crippen LogP contribution < -0.4 is 5.32 Å². The molecule has 19 heavy (non-hydrogen) atoms. The van der Waals surface area contributed by atoms with Crippen molar-refractivity contribution in [3.05, 3.63) is 63.6 Å². The van der Waals surface area contributed by atoms with Crippen molar-refractivity contribution in [2.45, 2.75) is 13.3 Å². The first kappa shape index (κ1) is 13.6. The van der Waals surface area contributed by atoms with E-state index in [9.17, 15) is 0 Å². The van der Waals surface area contributed by atoms with Gasteiger partial charge in [-0.15, -0.1) is 0 Å². The van der Waals surface area contributed by atoms with E-state index in [1.54, 1.807) is 0 Å². The van der Waals surface area contributed by atoms with Crippen LogP contribution in [0.15, 0.2) is 46.9 Å². The predicted molar refractivity (Wildman–Crippen MR) is 82.2 cm³/mol. The van der Waals surface area contributed by atoms with E-state index in [-0.39, 0.29) is 0 Å². The summed E-state index contributed by atoms with van der Waals surface area (Å²) in [5, 5.41) is 12.3. The highest BCUT2D eigenvalue weighted by atomic mass is 79.9. The Morgan fingerprint density at radius 3 is 2.74 bits per heavy atom. The van der Waals surface area contributed by atoms with Gasteiger partial charge < -0.3 is 5.32 Å². The molecule has 0 amide bonds. The quantitative estimate of drug-likeness (QED) is 0.914. The van der Waals surface area contributed by atoms with Crippen LogP contribution in [-0.2, 0) is 6.42 Å². The number of nitrogens with one attached hydrogen (secondary N) is 1. The minimum Gasteiger partial charge on any atom is -0.385 e. The van der Waals surface area contributed by atoms with E-state index in [1.165, 1.54) is 11.1 Å². The highest BCUT2D eigenvalue weighted by Gasteiger charge is 2.00. The number of halogens is 1. The Labute approximate surface area is 122 Å². The molecular formula is C16H15BrN2. The average Bonchev–Trinajstić information content (AvgIpc) is 2.40. The van der Waals surface area contributed by atoms with Crippen molar-refractivity contribution in [2.24, 2.45) is 0 Å². The second-order valence-corrected chi connectivity index (χ2v) is 5.36. The Kier molecular flexibility index (Phi) is 4.59. The van der Waals surface area contributed by atoms with Crippen LogP contribution in [0, 0.1) is 18.3 Å². The van der Waals surface area contributed by atoms with Crippen LogP contribution in [0.5, 0.6) is 0 Å². The molecule has 0 unspecified atom stereocenters. The fourth-order valence-electron chi connectivity index (χ4n) is 1.99. The number of anilines is 1. The van der Waals surface area contributed by atoms with Crippen molar-refractivity contribution in [1.29, 1.82) is 5.26 Å². The zero-order valence-electron chi connectivity index (χ0n) is 10.8. The van der Waals surface area contributed by atoms with Gasteiger partial charge in [-0.1, -0.05) is 40.2 Å². The lowest BCUT2D eigenvalue weighted by molar-refractivity contribution is 1.00. The highest BCUT2D eigenvalue weighted by Crippen LogP contribution is 2.19. The highest BCUT2D eigenvalue weighted by molar-refractivity contribution is 9.10. The zero-order chi connectivity index (χ0) is 13.7. The summed E-state index contributed by atoms with van der Waals surface area (Å²) in [4.78, 5) is 0. The number of benzene rings is 2. The standard InChI is InChI=1S/C16H15BrN2/c1-12-4-2-3-5-14(12)6-7-19-16-9-13(11-18)8-15(17)10-16/h2-5,8-10,19H,6-7H2,1H3. The van der Waals surface area contributed by atoms with Gasteiger partial charge in [0.05, 0.1) is 11.6 Å². The lowest BCUT2D eigenvalue weighted by Gasteiger charge is -2.09. The fourth-order valence-corrected chi connectivity index (χ4v) is 2.48. The molecule has 2 aromatic rings. The Hall–Kier alpha value is -1.79. The van der Waals surface area contributed by atoms with E-state index >= 15 is 0 Å². The van der Waals surface area contributed by atoms with E-state index in [2.05, 4.69) is 58.5 Å². The third-order valence-corrected chi connectivity index (χ3v) is 3.47. The lowest BCUT2D eigenvalue weighted by atomic mass is 10.1. The van der Waals surface area contributed by atoms with Gasteiger partial charge in [-0.2, -0.15) is 5.26 Å². The monoisotopic (exact) mass is 314 g/mol. The first-order chi connectivity index (χ1) is 9.19. The minimum absolute atomic E-state index is 0.660. The largest absolute Gasteiger partial charge is 0.385 e. The van der Waals surface area contributed by atoms with Gasteiger partial charge in [0.15, 0.2) is 0 Å². The van der Waals surface area contributed by atoms with Crippen LogP contribution in [0.25, 0.3) is 0 Å². The molecule has 0 fully saturated rings. The average molecular weight is 315 g/mol. The lowest BCUT2D eigenvalue weighted by Crippen LogP contribution is -2.06. The van der Waals surface area contributed by atoms with Crippen LogP contribution in [-0.4, -0.2) is 6.54 Å². The molecule has 0 spiro atoms. The first-order valence-corrected chi connectivity index (χ1v) is 6.97. The van der Waals surface area contributed by atoms with E-state index in [0.717, 1.165) is 23.1 Å². The van der Waals surface area contributed by atoms with E-state index < -0.39 is 0 Å². The van der Waals surface area contributed by atoms with Crippen LogP contribution in [0.2, 0.25) is 0 Å². The van der Waals surface area contributed by atoms with Gasteiger partial charge in [-0.3, -0.25) is 0 Å². The third-order valence-electron chi connectivity index (χ3n) is 3.01. The molecule has 0 aliphatic carbocycles. The van der Waals surface area contributed by atoms with Crippen LogP contribution in [0.1, 0.15) is 16.7 Å². The molecule has 0 bridgehead atoms. The second kappa shape index (κ2) is 6.40. The predicted octanol–water partition coefficient (Wildman–Crippen LogP) is 4.28. The molecule has 0 aromatic heterocycles. The molecule has 0 atom stereocenters. The molecule has 0 heterocycles. The summed E-state index contributed by atoms with van der Waals surface area (Å²) in [6, 6.07) is 16.2. The summed E-state index contributed by atoms with van der Waals surface area (Å²) in [5.41, 5.74) is 4.30. The molecule has 2 rings (SSSR count). The third kappa shape index (κ3) is 3.84. The number of nitrogens with zero attached hydrogens (tertiary/aromatic N) is 1. The smallest absolute Gasteiger partial charge is 0.0992 e. The summed E-state index contributed by atoms with van der Waals surface area (Å²) in [5.74, 6) is 0. The summed E-state index contributed by atoms with van der Waals surface area (Å²) in [6.45, 7) is 2.98. The van der Waals surface area contributed by atoms with Gasteiger partial charge in [-0.25, -0.2) is 0 Å². The maximum Gasteiger partial charge on any atom is 0.0992 e. The maximum atomic E-state index is 8.93. The van der Waals surface area contributed by atoms with Crippen LogP contribution >= 0.6 is 15.9 Å². The maximum absolute atomic E-state index is 8.93. The Morgan fingerprint density at radius 1 is 1.21 bits per heavy atom. The molecule has 0 aliphatic heterocycles. The molecule has 0 radical (unpaired) electrons. The SMILES string of the molecule is Cc1ccccc1CCNc1cc(Br)cc(C#N)c1. The van der Waals surface area contributed by atoms with Gasteiger partial charge in [-0.05, 0) is 42.7 Å². The molecule has 96 valence electrons. The second-order valence-electron chi connectivity index (χ2n) is 4.44. The normalized spacial score (nSPS) is 9.95. The van der Waals surface area contributed by atoms with Crippen LogP contribution in [0.4, 0.5) is 5.69 Å². The topological polar surface area (TPSA) is 35.8 Å². The molecule has 0 aliphatic rings. The minimum atomic E-state index is 0.660. The number of nitriles is 1. The van der Waals surface area contributed by atoms with Gasteiger partial charge in [0, 0.05) is 16.7 Å². The van der Waals surface area contributed by atoms with E-state index in [1.807, 2.05) is 18.2 Å². The number of hydrogen-bond acceptors (Lipinski definition) is 2. The van der Waals surface area contributed by atoms with E-state index in [0.29, 0.717) is 5.56 Å². The molecule has 3 heteroatoms. The Bertz CT molecular complexity index is 614. The van der Waals surface area contributed by atoms with Gasteiger partial charge in [0.2, 0.25) is 0 Å². The molecule has 2 aromatic carbocycles. The first-order valence-electron chi connectivity index (χ1n) is 6.18. The molecule has 2 nitrogen and oxygen atoms in total.